The van der Waals surface area contributed by atoms with Gasteiger partial charge >= 0.3 is 0 Å². The van der Waals surface area contributed by atoms with Gasteiger partial charge in [0.2, 0.25) is 0 Å². The van der Waals surface area contributed by atoms with Crippen molar-refractivity contribution in [2.24, 2.45) is 0 Å². The molecule has 0 bridgehead atoms. The molecule has 0 radical (unpaired) electrons. The molecule has 12 aromatic rings. The average Bonchev–Trinajstić information content (AvgIpc) is 3.86. The largest absolute Gasteiger partial charge is 0.309 e. The van der Waals surface area contributed by atoms with Crippen LogP contribution in [0.5, 0.6) is 0 Å². The van der Waals surface area contributed by atoms with Gasteiger partial charge in [-0.05, 0) is 105 Å². The van der Waals surface area contributed by atoms with Gasteiger partial charge in [0.1, 0.15) is 0 Å². The molecular weight excluding hydrogens is 749 g/mol. The molecule has 0 spiro atoms. The maximum Gasteiger partial charge on any atom is 0.0547 e. The van der Waals surface area contributed by atoms with Gasteiger partial charge in [0.15, 0.2) is 0 Å². The SMILES string of the molecule is c1ccc(-c2ccc(-c3ccc(-n4c5ccccc5c5cc(-c6ccc7c(c6)c6ccc(-c8ccccc8)cc6n7-c6ccccc6-c6ccccc6)ccc54)cc3)cc2)cc1. The van der Waals surface area contributed by atoms with E-state index in [9.17, 15) is 0 Å². The standard InChI is InChI=1S/C60H40N2/c1-4-14-41(15-5-1)43-24-26-44(27-25-43)45-28-33-50(34-29-45)61-57-23-13-11-21-52(57)54-38-47(31-36-58(54)61)48-32-37-59-55(39-48)53-35-30-49(42-16-6-2-7-17-42)40-60(53)62(59)56-22-12-10-20-51(56)46-18-8-3-9-19-46/h1-40H. The van der Waals surface area contributed by atoms with Crippen LogP contribution < -0.4 is 0 Å². The van der Waals surface area contributed by atoms with Crippen molar-refractivity contribution in [2.75, 3.05) is 0 Å². The van der Waals surface area contributed by atoms with Crippen molar-refractivity contribution in [2.45, 2.75) is 0 Å². The van der Waals surface area contributed by atoms with Crippen LogP contribution in [0.25, 0.3) is 111 Å². The molecule has 0 N–H and O–H groups in total. The molecule has 62 heavy (non-hydrogen) atoms. The first-order valence-corrected chi connectivity index (χ1v) is 21.3. The van der Waals surface area contributed by atoms with Crippen molar-refractivity contribution < 1.29 is 0 Å². The van der Waals surface area contributed by atoms with E-state index >= 15 is 0 Å². The lowest BCUT2D eigenvalue weighted by atomic mass is 9.99. The molecule has 2 aromatic heterocycles. The lowest BCUT2D eigenvalue weighted by molar-refractivity contribution is 1.18. The van der Waals surface area contributed by atoms with Crippen LogP contribution in [0.2, 0.25) is 0 Å². The molecule has 10 aromatic carbocycles. The predicted octanol–water partition coefficient (Wildman–Crippen LogP) is 16.2. The van der Waals surface area contributed by atoms with E-state index in [0.29, 0.717) is 0 Å². The molecule has 0 aliphatic carbocycles. The van der Waals surface area contributed by atoms with Crippen LogP contribution in [-0.2, 0) is 0 Å². The summed E-state index contributed by atoms with van der Waals surface area (Å²) in [5.74, 6) is 0. The maximum atomic E-state index is 2.46. The third-order valence-electron chi connectivity index (χ3n) is 12.6. The average molecular weight is 789 g/mol. The van der Waals surface area contributed by atoms with E-state index in [-0.39, 0.29) is 0 Å². The number of hydrogen-bond donors (Lipinski definition) is 0. The highest BCUT2D eigenvalue weighted by molar-refractivity contribution is 6.13. The van der Waals surface area contributed by atoms with Crippen molar-refractivity contribution in [3.05, 3.63) is 243 Å². The molecule has 0 fully saturated rings. The molecule has 0 atom stereocenters. The molecule has 0 aliphatic heterocycles. The second-order valence-electron chi connectivity index (χ2n) is 16.1. The molecule has 0 unspecified atom stereocenters. The van der Waals surface area contributed by atoms with Gasteiger partial charge < -0.3 is 9.13 Å². The minimum absolute atomic E-state index is 1.15. The van der Waals surface area contributed by atoms with Crippen molar-refractivity contribution in [1.82, 2.24) is 9.13 Å². The monoisotopic (exact) mass is 788 g/mol. The van der Waals surface area contributed by atoms with E-state index < -0.39 is 0 Å². The third kappa shape index (κ3) is 6.04. The van der Waals surface area contributed by atoms with Gasteiger partial charge in [-0.15, -0.1) is 0 Å². The summed E-state index contributed by atoms with van der Waals surface area (Å²) in [7, 11) is 0. The third-order valence-corrected chi connectivity index (χ3v) is 12.6. The fourth-order valence-electron chi connectivity index (χ4n) is 9.52. The first-order chi connectivity index (χ1) is 30.7. The minimum Gasteiger partial charge on any atom is -0.309 e. The normalized spacial score (nSPS) is 11.5. The van der Waals surface area contributed by atoms with Crippen LogP contribution in [0.15, 0.2) is 243 Å². The number of fused-ring (bicyclic) bond motifs is 6. The highest BCUT2D eigenvalue weighted by Gasteiger charge is 2.19. The van der Waals surface area contributed by atoms with Crippen LogP contribution in [0.3, 0.4) is 0 Å². The predicted molar refractivity (Wildman–Crippen MR) is 262 cm³/mol. The highest BCUT2D eigenvalue weighted by atomic mass is 15.0. The topological polar surface area (TPSA) is 9.86 Å². The molecule has 0 amide bonds. The Hall–Kier alpha value is -8.20. The summed E-state index contributed by atoms with van der Waals surface area (Å²) in [5.41, 5.74) is 19.2. The summed E-state index contributed by atoms with van der Waals surface area (Å²) in [6, 6.07) is 88.4. The first-order valence-electron chi connectivity index (χ1n) is 21.3. The number of para-hydroxylation sites is 2. The second-order valence-corrected chi connectivity index (χ2v) is 16.1. The molecule has 2 nitrogen and oxygen atoms in total. The Labute approximate surface area is 360 Å². The zero-order valence-corrected chi connectivity index (χ0v) is 34.0. The van der Waals surface area contributed by atoms with Crippen molar-refractivity contribution in [3.63, 3.8) is 0 Å². The van der Waals surface area contributed by atoms with Gasteiger partial charge in [0.05, 0.1) is 27.8 Å². The van der Waals surface area contributed by atoms with Gasteiger partial charge in [0.25, 0.3) is 0 Å². The maximum absolute atomic E-state index is 2.46. The molecule has 2 heterocycles. The fourth-order valence-corrected chi connectivity index (χ4v) is 9.52. The molecule has 2 heteroatoms. The van der Waals surface area contributed by atoms with Gasteiger partial charge in [-0.3, -0.25) is 0 Å². The van der Waals surface area contributed by atoms with E-state index in [0.717, 1.165) is 5.69 Å². The molecular formula is C60H40N2. The van der Waals surface area contributed by atoms with Crippen LogP contribution in [0, 0.1) is 0 Å². The molecule has 290 valence electrons. The number of rotatable bonds is 7. The zero-order valence-electron chi connectivity index (χ0n) is 34.0. The van der Waals surface area contributed by atoms with Crippen molar-refractivity contribution in [1.29, 1.82) is 0 Å². The Morgan fingerprint density at radius 2 is 0.613 bits per heavy atom. The van der Waals surface area contributed by atoms with Gasteiger partial charge in [-0.25, -0.2) is 0 Å². The van der Waals surface area contributed by atoms with Gasteiger partial charge in [-0.2, -0.15) is 0 Å². The van der Waals surface area contributed by atoms with Crippen molar-refractivity contribution in [3.8, 4) is 67.0 Å². The highest BCUT2D eigenvalue weighted by Crippen LogP contribution is 2.41. The Morgan fingerprint density at radius 1 is 0.210 bits per heavy atom. The summed E-state index contributed by atoms with van der Waals surface area (Å²) in [6.45, 7) is 0. The smallest absolute Gasteiger partial charge is 0.0547 e. The van der Waals surface area contributed by atoms with E-state index in [1.165, 1.54) is 105 Å². The number of benzene rings is 10. The molecule has 0 saturated carbocycles. The van der Waals surface area contributed by atoms with Crippen molar-refractivity contribution >= 4 is 43.6 Å². The lowest BCUT2D eigenvalue weighted by Crippen LogP contribution is -1.97. The summed E-state index contributed by atoms with van der Waals surface area (Å²) < 4.78 is 4.87. The Kier molecular flexibility index (Phi) is 8.53. The number of hydrogen-bond acceptors (Lipinski definition) is 0. The quantitative estimate of drug-likeness (QED) is 0.152. The van der Waals surface area contributed by atoms with Crippen LogP contribution >= 0.6 is 0 Å². The Balaban J connectivity index is 0.968. The van der Waals surface area contributed by atoms with Crippen LogP contribution in [0.1, 0.15) is 0 Å². The fraction of sp³-hybridized carbons (Fsp3) is 0. The summed E-state index contributed by atoms with van der Waals surface area (Å²) in [4.78, 5) is 0. The Morgan fingerprint density at radius 3 is 1.24 bits per heavy atom. The van der Waals surface area contributed by atoms with E-state index in [2.05, 4.69) is 252 Å². The van der Waals surface area contributed by atoms with Crippen LogP contribution in [-0.4, -0.2) is 9.13 Å². The molecule has 12 rings (SSSR count). The second kappa shape index (κ2) is 14.8. The Bertz CT molecular complexity index is 3580. The summed E-state index contributed by atoms with van der Waals surface area (Å²) in [5, 5.41) is 4.95. The molecule has 0 saturated heterocycles. The molecule has 0 aliphatic rings. The van der Waals surface area contributed by atoms with E-state index in [1.54, 1.807) is 0 Å². The lowest BCUT2D eigenvalue weighted by Gasteiger charge is -2.14. The summed E-state index contributed by atoms with van der Waals surface area (Å²) >= 11 is 0. The zero-order chi connectivity index (χ0) is 41.0. The number of nitrogens with zero attached hydrogens (tertiary/aromatic N) is 2. The van der Waals surface area contributed by atoms with E-state index in [1.807, 2.05) is 0 Å². The number of aromatic nitrogens is 2. The van der Waals surface area contributed by atoms with Crippen LogP contribution in [0.4, 0.5) is 0 Å². The first kappa shape index (κ1) is 35.7. The summed E-state index contributed by atoms with van der Waals surface area (Å²) in [6.07, 6.45) is 0. The van der Waals surface area contributed by atoms with Gasteiger partial charge in [-0.1, -0.05) is 188 Å². The van der Waals surface area contributed by atoms with E-state index in [4.69, 9.17) is 0 Å². The minimum atomic E-state index is 1.15. The van der Waals surface area contributed by atoms with Gasteiger partial charge in [0, 0.05) is 32.8 Å².